The van der Waals surface area contributed by atoms with Crippen molar-refractivity contribution in [2.75, 3.05) is 52.7 Å². The van der Waals surface area contributed by atoms with Gasteiger partial charge in [0.05, 0.1) is 44.7 Å². The van der Waals surface area contributed by atoms with Crippen LogP contribution in [-0.4, -0.2) is 112 Å². The third-order valence-electron chi connectivity index (χ3n) is 9.43. The number of hydrogen-bond donors (Lipinski definition) is 2. The molecule has 3 aliphatic rings. The minimum Gasteiger partial charge on any atom is -0.444 e. The van der Waals surface area contributed by atoms with E-state index in [1.807, 2.05) is 34.6 Å². The lowest BCUT2D eigenvalue weighted by Gasteiger charge is -2.34. The molecule has 11 heteroatoms. The summed E-state index contributed by atoms with van der Waals surface area (Å²) in [5.41, 5.74) is 0. The molecule has 1 saturated heterocycles. The van der Waals surface area contributed by atoms with E-state index in [1.165, 1.54) is 6.42 Å². The highest BCUT2D eigenvalue weighted by Gasteiger charge is 2.30. The predicted molar refractivity (Wildman–Crippen MR) is 183 cm³/mol. The molecule has 1 aliphatic heterocycles. The van der Waals surface area contributed by atoms with Crippen LogP contribution in [0.3, 0.4) is 0 Å². The van der Waals surface area contributed by atoms with Crippen LogP contribution in [0.4, 0.5) is 9.59 Å². The van der Waals surface area contributed by atoms with Crippen LogP contribution in [0, 0.1) is 11.8 Å². The van der Waals surface area contributed by atoms with Crippen LogP contribution < -0.4 is 10.6 Å². The van der Waals surface area contributed by atoms with E-state index in [0.29, 0.717) is 44.9 Å². The van der Waals surface area contributed by atoms with Gasteiger partial charge in [-0.2, -0.15) is 0 Å². The van der Waals surface area contributed by atoms with Crippen LogP contribution in [0.2, 0.25) is 0 Å². The maximum absolute atomic E-state index is 12.7. The van der Waals surface area contributed by atoms with Crippen LogP contribution in [0.1, 0.15) is 112 Å². The first-order valence-corrected chi connectivity index (χ1v) is 18.7. The number of nitrogens with zero attached hydrogens (tertiary/aromatic N) is 1. The second-order valence-electron chi connectivity index (χ2n) is 14.6. The van der Waals surface area contributed by atoms with Gasteiger partial charge in [-0.3, -0.25) is 4.90 Å². The number of alkyl carbamates (subject to hydrolysis) is 2. The minimum atomic E-state index is -0.363. The predicted octanol–water partition coefficient (Wildman–Crippen LogP) is 6.07. The molecule has 2 N–H and O–H groups in total. The van der Waals surface area contributed by atoms with E-state index in [1.54, 1.807) is 0 Å². The Balaban J connectivity index is 1.22. The van der Waals surface area contributed by atoms with Crippen molar-refractivity contribution in [3.63, 3.8) is 0 Å². The topological polar surface area (TPSA) is 117 Å². The largest absolute Gasteiger partial charge is 0.444 e. The summed E-state index contributed by atoms with van der Waals surface area (Å²) < 4.78 is 34.3. The van der Waals surface area contributed by atoms with Gasteiger partial charge in [-0.05, 0) is 111 Å². The van der Waals surface area contributed by atoms with Crippen molar-refractivity contribution < 1.29 is 38.0 Å². The number of amides is 2. The summed E-state index contributed by atoms with van der Waals surface area (Å²) in [5.74, 6) is 1.40. The second kappa shape index (κ2) is 22.1. The van der Waals surface area contributed by atoms with Crippen LogP contribution in [-0.2, 0) is 28.4 Å². The Bertz CT molecular complexity index is 859. The van der Waals surface area contributed by atoms with Crippen molar-refractivity contribution in [1.29, 1.82) is 0 Å². The van der Waals surface area contributed by atoms with Gasteiger partial charge in [-0.25, -0.2) is 9.59 Å². The van der Waals surface area contributed by atoms with Gasteiger partial charge in [0.15, 0.2) is 0 Å². The number of rotatable bonds is 22. The summed E-state index contributed by atoms with van der Waals surface area (Å²) in [4.78, 5) is 27.4. The zero-order valence-corrected chi connectivity index (χ0v) is 30.3. The van der Waals surface area contributed by atoms with Crippen molar-refractivity contribution in [2.45, 2.75) is 155 Å². The summed E-state index contributed by atoms with van der Waals surface area (Å²) in [7, 11) is 0. The van der Waals surface area contributed by atoms with E-state index >= 15 is 0 Å². The van der Waals surface area contributed by atoms with Crippen molar-refractivity contribution in [1.82, 2.24) is 15.5 Å². The average Bonchev–Trinajstić information content (AvgIpc) is 3.86. The Hall–Kier alpha value is -1.66. The van der Waals surface area contributed by atoms with Crippen LogP contribution in [0.25, 0.3) is 0 Å². The van der Waals surface area contributed by atoms with E-state index in [4.69, 9.17) is 28.4 Å². The Morgan fingerprint density at radius 3 is 1.70 bits per heavy atom. The molecular formula is C36H67N3O8. The fourth-order valence-corrected chi connectivity index (χ4v) is 6.48. The van der Waals surface area contributed by atoms with Crippen LogP contribution >= 0.6 is 0 Å². The van der Waals surface area contributed by atoms with E-state index < -0.39 is 0 Å². The quantitative estimate of drug-likeness (QED) is 0.105. The second-order valence-corrected chi connectivity index (χ2v) is 14.6. The third kappa shape index (κ3) is 18.1. The number of nitrogens with one attached hydrogen (secondary N) is 2. The van der Waals surface area contributed by atoms with E-state index in [9.17, 15) is 9.59 Å². The molecule has 0 bridgehead atoms. The molecule has 0 aromatic rings. The molecule has 2 amide bonds. The van der Waals surface area contributed by atoms with Gasteiger partial charge in [0.2, 0.25) is 0 Å². The summed E-state index contributed by atoms with van der Waals surface area (Å²) in [6.45, 7) is 17.4. The number of unbranched alkanes of at least 4 members (excludes halogenated alkanes) is 1. The van der Waals surface area contributed by atoms with Crippen molar-refractivity contribution >= 4 is 12.2 Å². The van der Waals surface area contributed by atoms with Crippen LogP contribution in [0.5, 0.6) is 0 Å². The first kappa shape index (κ1) is 39.8. The standard InChI is InChI=1S/C36H67N3O8/c1-7-8-19-42-25-34(21-39-17-18-39)47-36(41)38-33-15-11-31(12-16-33)20-30-9-13-32(14-10-30)37-35(40)46-29(6)24-45-28(5)23-44-27(4)22-43-26(2)3/h26-34H,7-25H2,1-6H3,(H,37,40)(H,38,41)/t27-,28+,29-,30?,31?,32?,33?,34?/m0/s1. The van der Waals surface area contributed by atoms with Gasteiger partial charge in [-0.15, -0.1) is 0 Å². The van der Waals surface area contributed by atoms with Crippen LogP contribution in [0.15, 0.2) is 0 Å². The lowest BCUT2D eigenvalue weighted by atomic mass is 9.76. The molecule has 2 saturated carbocycles. The molecule has 2 aliphatic carbocycles. The summed E-state index contributed by atoms with van der Waals surface area (Å²) in [6, 6.07) is 0.354. The summed E-state index contributed by atoms with van der Waals surface area (Å²) in [5, 5.41) is 6.21. The molecule has 11 nitrogen and oxygen atoms in total. The third-order valence-corrected chi connectivity index (χ3v) is 9.43. The highest BCUT2D eigenvalue weighted by atomic mass is 16.6. The monoisotopic (exact) mass is 669 g/mol. The van der Waals surface area contributed by atoms with Gasteiger partial charge in [-0.1, -0.05) is 13.3 Å². The Labute approximate surface area is 284 Å². The molecule has 0 radical (unpaired) electrons. The molecule has 47 heavy (non-hydrogen) atoms. The van der Waals surface area contributed by atoms with Gasteiger partial charge < -0.3 is 39.1 Å². The maximum atomic E-state index is 12.7. The number of hydrogen-bond acceptors (Lipinski definition) is 9. The number of carbonyl (C=O) groups is 2. The fraction of sp³-hybridized carbons (Fsp3) is 0.944. The molecule has 0 aromatic heterocycles. The smallest absolute Gasteiger partial charge is 0.407 e. The summed E-state index contributed by atoms with van der Waals surface area (Å²) in [6.07, 6.45) is 10.8. The molecule has 274 valence electrons. The minimum absolute atomic E-state index is 0.00191. The zero-order valence-electron chi connectivity index (χ0n) is 30.3. The Morgan fingerprint density at radius 1 is 0.681 bits per heavy atom. The van der Waals surface area contributed by atoms with Crippen molar-refractivity contribution in [3.05, 3.63) is 0 Å². The lowest BCUT2D eigenvalue weighted by Crippen LogP contribution is -2.42. The van der Waals surface area contributed by atoms with Gasteiger partial charge in [0, 0.05) is 38.3 Å². The average molecular weight is 670 g/mol. The van der Waals surface area contributed by atoms with Crippen molar-refractivity contribution in [3.8, 4) is 0 Å². The lowest BCUT2D eigenvalue weighted by molar-refractivity contribution is -0.0772. The molecule has 3 rings (SSSR count). The fourth-order valence-electron chi connectivity index (χ4n) is 6.48. The normalized spacial score (nSPS) is 25.9. The molecule has 0 aromatic carbocycles. The summed E-state index contributed by atoms with van der Waals surface area (Å²) >= 11 is 0. The highest BCUT2D eigenvalue weighted by Crippen LogP contribution is 2.35. The Morgan fingerprint density at radius 2 is 1.19 bits per heavy atom. The number of ether oxygens (including phenoxy) is 6. The van der Waals surface area contributed by atoms with Gasteiger partial charge in [0.25, 0.3) is 0 Å². The molecule has 1 heterocycles. The van der Waals surface area contributed by atoms with E-state index in [0.717, 1.165) is 83.8 Å². The zero-order chi connectivity index (χ0) is 34.0. The maximum Gasteiger partial charge on any atom is 0.407 e. The van der Waals surface area contributed by atoms with E-state index in [-0.39, 0.29) is 54.8 Å². The number of carbonyl (C=O) groups excluding carboxylic acids is 2. The first-order valence-electron chi connectivity index (χ1n) is 18.7. The highest BCUT2D eigenvalue weighted by molar-refractivity contribution is 5.68. The molecule has 0 spiro atoms. The molecule has 4 atom stereocenters. The Kier molecular flexibility index (Phi) is 18.7. The van der Waals surface area contributed by atoms with E-state index in [2.05, 4.69) is 22.5 Å². The molecule has 1 unspecified atom stereocenters. The molecular weight excluding hydrogens is 602 g/mol. The van der Waals surface area contributed by atoms with Gasteiger partial charge >= 0.3 is 12.2 Å². The first-order chi connectivity index (χ1) is 22.6. The SMILES string of the molecule is CCCCOCC(CN1CC1)OC(=O)NC1CCC(CC2CCC(NC(=O)O[C@@H](C)CO[C@H](C)CO[C@@H](C)COC(C)C)CC2)CC1. The van der Waals surface area contributed by atoms with Crippen molar-refractivity contribution in [2.24, 2.45) is 11.8 Å². The molecule has 3 fully saturated rings. The van der Waals surface area contributed by atoms with Gasteiger partial charge in [0.1, 0.15) is 12.2 Å².